The summed E-state index contributed by atoms with van der Waals surface area (Å²) in [5.41, 5.74) is 1.11. The highest BCUT2D eigenvalue weighted by molar-refractivity contribution is 7.14. The molecule has 2 unspecified atom stereocenters. The molecule has 2 atom stereocenters. The van der Waals surface area contributed by atoms with E-state index in [9.17, 15) is 4.79 Å². The van der Waals surface area contributed by atoms with E-state index in [-0.39, 0.29) is 6.10 Å². The summed E-state index contributed by atoms with van der Waals surface area (Å²) in [6.45, 7) is 1.25. The number of ether oxygens (including phenoxy) is 1. The van der Waals surface area contributed by atoms with Crippen molar-refractivity contribution in [3.8, 4) is 0 Å². The van der Waals surface area contributed by atoms with Gasteiger partial charge in [-0.3, -0.25) is 0 Å². The van der Waals surface area contributed by atoms with Gasteiger partial charge >= 0.3 is 5.97 Å². The zero-order chi connectivity index (χ0) is 11.5. The number of fused-ring (bicyclic) bond motifs is 1. The Morgan fingerprint density at radius 2 is 2.56 bits per heavy atom. The summed E-state index contributed by atoms with van der Waals surface area (Å²) >= 11 is 1.32. The molecule has 0 spiro atoms. The largest absolute Gasteiger partial charge is 0.477 e. The number of rotatable bonds is 4. The van der Waals surface area contributed by atoms with Crippen LogP contribution in [0.25, 0.3) is 0 Å². The van der Waals surface area contributed by atoms with Crippen LogP contribution in [-0.2, 0) is 15.7 Å². The molecular weight excluding hydrogens is 247 g/mol. The third kappa shape index (κ3) is 2.43. The predicted molar refractivity (Wildman–Crippen MR) is 64.0 cm³/mol. The predicted octanol–water partition coefficient (Wildman–Crippen LogP) is 2.26. The van der Waals surface area contributed by atoms with E-state index in [1.807, 2.05) is 0 Å². The Hall–Kier alpha value is -0.480. The second kappa shape index (κ2) is 5.23. The first-order chi connectivity index (χ1) is 7.72. The number of carboxylic acid groups (broad SMARTS) is 1. The summed E-state index contributed by atoms with van der Waals surface area (Å²) in [6.07, 6.45) is 1.55. The monoisotopic (exact) mass is 260 g/mol. The molecule has 0 saturated carbocycles. The van der Waals surface area contributed by atoms with Crippen molar-refractivity contribution >= 4 is 26.8 Å². The fourth-order valence-corrected chi connectivity index (χ4v) is 3.06. The van der Waals surface area contributed by atoms with E-state index in [2.05, 4.69) is 9.47 Å². The highest BCUT2D eigenvalue weighted by Crippen LogP contribution is 2.36. The highest BCUT2D eigenvalue weighted by atomic mass is 32.1. The second-order valence-corrected chi connectivity index (χ2v) is 4.99. The molecule has 1 aliphatic heterocycles. The number of thiophene rings is 1. The van der Waals surface area contributed by atoms with Gasteiger partial charge in [0.05, 0.1) is 19.3 Å². The first kappa shape index (κ1) is 12.0. The standard InChI is InChI=1S/C10H13O4PS/c11-10(12)8-5-6-1-3-13-7(2-4-14-15)9(6)16-8/h5,7H,1-4,15H2,(H,11,12). The van der Waals surface area contributed by atoms with Crippen LogP contribution < -0.4 is 0 Å². The molecule has 0 fully saturated rings. The lowest BCUT2D eigenvalue weighted by Crippen LogP contribution is -2.15. The lowest BCUT2D eigenvalue weighted by Gasteiger charge is -2.22. The summed E-state index contributed by atoms with van der Waals surface area (Å²) in [7, 11) is 2.21. The van der Waals surface area contributed by atoms with Gasteiger partial charge in [-0.2, -0.15) is 0 Å². The van der Waals surface area contributed by atoms with E-state index < -0.39 is 5.97 Å². The molecule has 4 nitrogen and oxygen atoms in total. The lowest BCUT2D eigenvalue weighted by atomic mass is 10.1. The SMILES string of the molecule is O=C(O)c1cc2c(s1)C(CCOP)OCC2. The average molecular weight is 260 g/mol. The molecule has 1 aliphatic rings. The quantitative estimate of drug-likeness (QED) is 0.844. The molecule has 0 bridgehead atoms. The minimum Gasteiger partial charge on any atom is -0.477 e. The zero-order valence-corrected chi connectivity index (χ0v) is 10.6. The molecule has 0 aliphatic carbocycles. The smallest absolute Gasteiger partial charge is 0.345 e. The van der Waals surface area contributed by atoms with Crippen molar-refractivity contribution in [2.45, 2.75) is 18.9 Å². The van der Waals surface area contributed by atoms with Crippen molar-refractivity contribution in [2.24, 2.45) is 0 Å². The van der Waals surface area contributed by atoms with E-state index in [0.717, 1.165) is 23.3 Å². The zero-order valence-electron chi connectivity index (χ0n) is 8.64. The molecule has 16 heavy (non-hydrogen) atoms. The average Bonchev–Trinajstić information content (AvgIpc) is 2.70. The van der Waals surface area contributed by atoms with Gasteiger partial charge in [-0.1, -0.05) is 0 Å². The van der Waals surface area contributed by atoms with Crippen LogP contribution in [0.15, 0.2) is 6.07 Å². The van der Waals surface area contributed by atoms with Crippen LogP contribution in [0.1, 0.15) is 32.6 Å². The van der Waals surface area contributed by atoms with E-state index in [0.29, 0.717) is 18.1 Å². The summed E-state index contributed by atoms with van der Waals surface area (Å²) in [6, 6.07) is 1.76. The fraction of sp³-hybridized carbons (Fsp3) is 0.500. The molecule has 2 heterocycles. The maximum absolute atomic E-state index is 10.9. The number of aromatic carboxylic acids is 1. The van der Waals surface area contributed by atoms with Crippen molar-refractivity contribution in [3.05, 3.63) is 21.4 Å². The molecule has 1 N–H and O–H groups in total. The van der Waals surface area contributed by atoms with Gasteiger partial charge in [0.15, 0.2) is 0 Å². The van der Waals surface area contributed by atoms with Crippen molar-refractivity contribution in [2.75, 3.05) is 13.2 Å². The third-order valence-electron chi connectivity index (χ3n) is 2.53. The maximum atomic E-state index is 10.9. The lowest BCUT2D eigenvalue weighted by molar-refractivity contribution is 0.0320. The molecular formula is C10H13O4PS. The van der Waals surface area contributed by atoms with Gasteiger partial charge < -0.3 is 14.4 Å². The Balaban J connectivity index is 2.20. The van der Waals surface area contributed by atoms with Gasteiger partial charge in [0.2, 0.25) is 0 Å². The number of hydrogen-bond acceptors (Lipinski definition) is 4. The highest BCUT2D eigenvalue weighted by Gasteiger charge is 2.25. The topological polar surface area (TPSA) is 55.8 Å². The molecule has 88 valence electrons. The van der Waals surface area contributed by atoms with E-state index in [1.54, 1.807) is 6.07 Å². The fourth-order valence-electron chi connectivity index (χ4n) is 1.79. The molecule has 6 heteroatoms. The minimum atomic E-state index is -0.861. The molecule has 1 aromatic heterocycles. The maximum Gasteiger partial charge on any atom is 0.345 e. The summed E-state index contributed by atoms with van der Waals surface area (Å²) in [5.74, 6) is -0.861. The van der Waals surface area contributed by atoms with Crippen LogP contribution in [0, 0.1) is 0 Å². The summed E-state index contributed by atoms with van der Waals surface area (Å²) < 4.78 is 10.6. The molecule has 0 aromatic carbocycles. The Kier molecular flexibility index (Phi) is 3.92. The Morgan fingerprint density at radius 3 is 3.25 bits per heavy atom. The van der Waals surface area contributed by atoms with Gasteiger partial charge in [0, 0.05) is 20.8 Å². The Bertz CT molecular complexity index is 390. The Labute approximate surface area is 99.9 Å². The first-order valence-corrected chi connectivity index (χ1v) is 6.30. The minimum absolute atomic E-state index is 0.0117. The van der Waals surface area contributed by atoms with Crippen LogP contribution in [-0.4, -0.2) is 24.3 Å². The van der Waals surface area contributed by atoms with Gasteiger partial charge in [0.25, 0.3) is 0 Å². The summed E-state index contributed by atoms with van der Waals surface area (Å²) in [4.78, 5) is 12.3. The van der Waals surface area contributed by atoms with Crippen LogP contribution in [0.4, 0.5) is 0 Å². The number of carboxylic acids is 1. The van der Waals surface area contributed by atoms with Gasteiger partial charge in [-0.25, -0.2) is 4.79 Å². The first-order valence-electron chi connectivity index (χ1n) is 5.01. The number of carbonyl (C=O) groups is 1. The van der Waals surface area contributed by atoms with E-state index in [4.69, 9.17) is 14.4 Å². The molecule has 0 radical (unpaired) electrons. The van der Waals surface area contributed by atoms with Crippen molar-refractivity contribution in [1.82, 2.24) is 0 Å². The van der Waals surface area contributed by atoms with Crippen molar-refractivity contribution < 1.29 is 19.2 Å². The van der Waals surface area contributed by atoms with Crippen molar-refractivity contribution in [1.29, 1.82) is 0 Å². The molecule has 1 aromatic rings. The van der Waals surface area contributed by atoms with Gasteiger partial charge in [0.1, 0.15) is 4.88 Å². The number of hydrogen-bond donors (Lipinski definition) is 1. The second-order valence-electron chi connectivity index (χ2n) is 3.57. The molecule has 2 rings (SSSR count). The molecule has 0 saturated heterocycles. The van der Waals surface area contributed by atoms with E-state index >= 15 is 0 Å². The van der Waals surface area contributed by atoms with E-state index in [1.165, 1.54) is 11.3 Å². The van der Waals surface area contributed by atoms with Crippen LogP contribution in [0.5, 0.6) is 0 Å². The van der Waals surface area contributed by atoms with Gasteiger partial charge in [-0.05, 0) is 18.1 Å². The molecule has 0 amide bonds. The Morgan fingerprint density at radius 1 is 1.75 bits per heavy atom. The third-order valence-corrected chi connectivity index (χ3v) is 4.03. The van der Waals surface area contributed by atoms with Crippen LogP contribution in [0.3, 0.4) is 0 Å². The normalized spacial score (nSPS) is 19.4. The van der Waals surface area contributed by atoms with Crippen LogP contribution in [0.2, 0.25) is 0 Å². The van der Waals surface area contributed by atoms with Crippen LogP contribution >= 0.6 is 20.8 Å². The van der Waals surface area contributed by atoms with Gasteiger partial charge in [-0.15, -0.1) is 11.3 Å². The van der Waals surface area contributed by atoms with Crippen molar-refractivity contribution in [3.63, 3.8) is 0 Å². The summed E-state index contributed by atoms with van der Waals surface area (Å²) in [5, 5.41) is 8.94.